The van der Waals surface area contributed by atoms with Gasteiger partial charge in [-0.25, -0.2) is 0 Å². The summed E-state index contributed by atoms with van der Waals surface area (Å²) in [6.07, 6.45) is 0.818. The van der Waals surface area contributed by atoms with E-state index in [2.05, 4.69) is 0 Å². The van der Waals surface area contributed by atoms with Gasteiger partial charge in [0.05, 0.1) is 6.61 Å². The van der Waals surface area contributed by atoms with Crippen molar-refractivity contribution in [2.45, 2.75) is 18.4 Å². The predicted molar refractivity (Wildman–Crippen MR) is 59.2 cm³/mol. The third-order valence-corrected chi connectivity index (χ3v) is 2.88. The average molecular weight is 221 g/mol. The molecule has 1 aromatic carbocycles. The van der Waals surface area contributed by atoms with Crippen molar-refractivity contribution < 1.29 is 14.6 Å². The number of hydrogen-bond donors (Lipinski definition) is 2. The van der Waals surface area contributed by atoms with E-state index in [0.717, 1.165) is 5.56 Å². The molecule has 1 unspecified atom stereocenters. The number of carbonyl (C=O) groups excluding carboxylic acids is 1. The van der Waals surface area contributed by atoms with Gasteiger partial charge >= 0.3 is 0 Å². The van der Waals surface area contributed by atoms with Gasteiger partial charge in [0.2, 0.25) is 0 Å². The standard InChI is InChI=1S/C12H15NO3/c13-12(4-5-16-8-12)11(15)7-9-2-1-3-10(14)6-9/h1-3,6,14H,4-5,7-8,13H2. The highest BCUT2D eigenvalue weighted by atomic mass is 16.5. The van der Waals surface area contributed by atoms with E-state index in [0.29, 0.717) is 19.6 Å². The van der Waals surface area contributed by atoms with Crippen molar-refractivity contribution in [3.63, 3.8) is 0 Å². The summed E-state index contributed by atoms with van der Waals surface area (Å²) >= 11 is 0. The Bertz CT molecular complexity index is 397. The highest BCUT2D eigenvalue weighted by Gasteiger charge is 2.37. The molecule has 0 radical (unpaired) electrons. The zero-order valence-electron chi connectivity index (χ0n) is 8.98. The summed E-state index contributed by atoms with van der Waals surface area (Å²) in [6.45, 7) is 0.840. The molecule has 16 heavy (non-hydrogen) atoms. The first-order chi connectivity index (χ1) is 7.60. The number of phenols is 1. The monoisotopic (exact) mass is 221 g/mol. The molecule has 4 heteroatoms. The second kappa shape index (κ2) is 4.23. The van der Waals surface area contributed by atoms with Crippen LogP contribution < -0.4 is 5.73 Å². The smallest absolute Gasteiger partial charge is 0.159 e. The Kier molecular flexibility index (Phi) is 2.94. The van der Waals surface area contributed by atoms with Gasteiger partial charge in [0.1, 0.15) is 11.3 Å². The Morgan fingerprint density at radius 3 is 3.00 bits per heavy atom. The number of hydrogen-bond acceptors (Lipinski definition) is 4. The molecule has 86 valence electrons. The molecule has 0 saturated carbocycles. The Balaban J connectivity index is 2.07. The molecule has 1 fully saturated rings. The van der Waals surface area contributed by atoms with Crippen LogP contribution in [0.1, 0.15) is 12.0 Å². The minimum atomic E-state index is -0.842. The third kappa shape index (κ3) is 2.23. The van der Waals surface area contributed by atoms with E-state index < -0.39 is 5.54 Å². The molecule has 0 aliphatic carbocycles. The van der Waals surface area contributed by atoms with E-state index in [-0.39, 0.29) is 18.0 Å². The maximum Gasteiger partial charge on any atom is 0.159 e. The van der Waals surface area contributed by atoms with Crippen LogP contribution in [-0.2, 0) is 16.0 Å². The summed E-state index contributed by atoms with van der Waals surface area (Å²) in [7, 11) is 0. The zero-order valence-corrected chi connectivity index (χ0v) is 8.98. The normalized spacial score (nSPS) is 24.6. The van der Waals surface area contributed by atoms with Crippen LogP contribution in [0.3, 0.4) is 0 Å². The van der Waals surface area contributed by atoms with Crippen LogP contribution >= 0.6 is 0 Å². The third-order valence-electron chi connectivity index (χ3n) is 2.88. The van der Waals surface area contributed by atoms with E-state index in [4.69, 9.17) is 10.5 Å². The molecular weight excluding hydrogens is 206 g/mol. The van der Waals surface area contributed by atoms with E-state index in [9.17, 15) is 9.90 Å². The number of rotatable bonds is 3. The average Bonchev–Trinajstić information content (AvgIpc) is 2.66. The molecule has 0 bridgehead atoms. The summed E-state index contributed by atoms with van der Waals surface area (Å²) in [6, 6.07) is 6.67. The SMILES string of the molecule is NC1(C(=O)Cc2cccc(O)c2)CCOC1. The van der Waals surface area contributed by atoms with E-state index in [1.807, 2.05) is 0 Å². The van der Waals surface area contributed by atoms with Gasteiger partial charge in [0.15, 0.2) is 5.78 Å². The maximum atomic E-state index is 12.0. The molecular formula is C12H15NO3. The molecule has 1 saturated heterocycles. The lowest BCUT2D eigenvalue weighted by Gasteiger charge is -2.19. The second-order valence-corrected chi connectivity index (χ2v) is 4.23. The summed E-state index contributed by atoms with van der Waals surface area (Å²) in [5.74, 6) is 0.134. The summed E-state index contributed by atoms with van der Waals surface area (Å²) in [5, 5.41) is 9.29. The van der Waals surface area contributed by atoms with Crippen LogP contribution in [0, 0.1) is 0 Å². The van der Waals surface area contributed by atoms with Crippen molar-refractivity contribution in [3.05, 3.63) is 29.8 Å². The van der Waals surface area contributed by atoms with Gasteiger partial charge in [-0.15, -0.1) is 0 Å². The number of phenolic OH excluding ortho intramolecular Hbond substituents is 1. The fraction of sp³-hybridized carbons (Fsp3) is 0.417. The summed E-state index contributed by atoms with van der Waals surface area (Å²) in [5.41, 5.74) is 5.89. The highest BCUT2D eigenvalue weighted by molar-refractivity contribution is 5.90. The van der Waals surface area contributed by atoms with Gasteiger partial charge in [-0.2, -0.15) is 0 Å². The van der Waals surface area contributed by atoms with Crippen LogP contribution in [0.4, 0.5) is 0 Å². The second-order valence-electron chi connectivity index (χ2n) is 4.23. The van der Waals surface area contributed by atoms with Crippen molar-refractivity contribution in [2.24, 2.45) is 5.73 Å². The molecule has 1 aliphatic rings. The van der Waals surface area contributed by atoms with Crippen molar-refractivity contribution in [1.82, 2.24) is 0 Å². The van der Waals surface area contributed by atoms with Crippen molar-refractivity contribution in [3.8, 4) is 5.75 Å². The molecule has 1 heterocycles. The molecule has 1 aliphatic heterocycles. The number of Topliss-reactive ketones (excluding diaryl/α,β-unsaturated/α-hetero) is 1. The molecule has 4 nitrogen and oxygen atoms in total. The molecule has 0 aromatic heterocycles. The van der Waals surface area contributed by atoms with Gasteiger partial charge < -0.3 is 15.6 Å². The summed E-state index contributed by atoms with van der Waals surface area (Å²) < 4.78 is 5.15. The van der Waals surface area contributed by atoms with Crippen LogP contribution in [0.5, 0.6) is 5.75 Å². The highest BCUT2D eigenvalue weighted by Crippen LogP contribution is 2.20. The van der Waals surface area contributed by atoms with Gasteiger partial charge in [-0.1, -0.05) is 12.1 Å². The zero-order chi connectivity index (χ0) is 11.6. The number of ketones is 1. The van der Waals surface area contributed by atoms with E-state index in [1.165, 1.54) is 0 Å². The molecule has 1 aromatic rings. The number of carbonyl (C=O) groups is 1. The quantitative estimate of drug-likeness (QED) is 0.785. The fourth-order valence-corrected chi connectivity index (χ4v) is 1.83. The van der Waals surface area contributed by atoms with Crippen molar-refractivity contribution in [1.29, 1.82) is 0 Å². The van der Waals surface area contributed by atoms with Crippen LogP contribution in [0.15, 0.2) is 24.3 Å². The van der Waals surface area contributed by atoms with Crippen LogP contribution in [0.2, 0.25) is 0 Å². The lowest BCUT2D eigenvalue weighted by atomic mass is 9.90. The maximum absolute atomic E-state index is 12.0. The largest absolute Gasteiger partial charge is 0.508 e. The van der Waals surface area contributed by atoms with Crippen molar-refractivity contribution in [2.75, 3.05) is 13.2 Å². The Morgan fingerprint density at radius 1 is 1.56 bits per heavy atom. The number of benzene rings is 1. The molecule has 2 rings (SSSR count). The van der Waals surface area contributed by atoms with Gasteiger partial charge in [-0.3, -0.25) is 4.79 Å². The van der Waals surface area contributed by atoms with Crippen LogP contribution in [0.25, 0.3) is 0 Å². The van der Waals surface area contributed by atoms with Crippen LogP contribution in [-0.4, -0.2) is 29.6 Å². The van der Waals surface area contributed by atoms with E-state index >= 15 is 0 Å². The molecule has 0 amide bonds. The first-order valence-corrected chi connectivity index (χ1v) is 5.28. The summed E-state index contributed by atoms with van der Waals surface area (Å²) in [4.78, 5) is 12.0. The first-order valence-electron chi connectivity index (χ1n) is 5.28. The lowest BCUT2D eigenvalue weighted by Crippen LogP contribution is -2.49. The lowest BCUT2D eigenvalue weighted by molar-refractivity contribution is -0.123. The van der Waals surface area contributed by atoms with Gasteiger partial charge in [-0.05, 0) is 24.1 Å². The topological polar surface area (TPSA) is 72.6 Å². The number of aromatic hydroxyl groups is 1. The van der Waals surface area contributed by atoms with Crippen molar-refractivity contribution >= 4 is 5.78 Å². The number of ether oxygens (including phenoxy) is 1. The molecule has 0 spiro atoms. The minimum Gasteiger partial charge on any atom is -0.508 e. The Hall–Kier alpha value is -1.39. The minimum absolute atomic E-state index is 0.0319. The Labute approximate surface area is 94.0 Å². The number of nitrogens with two attached hydrogens (primary N) is 1. The van der Waals surface area contributed by atoms with Gasteiger partial charge in [0, 0.05) is 13.0 Å². The Morgan fingerprint density at radius 2 is 2.38 bits per heavy atom. The molecule has 3 N–H and O–H groups in total. The van der Waals surface area contributed by atoms with E-state index in [1.54, 1.807) is 24.3 Å². The first kappa shape index (κ1) is 11.1. The van der Waals surface area contributed by atoms with Gasteiger partial charge in [0.25, 0.3) is 0 Å². The molecule has 1 atom stereocenters. The fourth-order valence-electron chi connectivity index (χ4n) is 1.83. The predicted octanol–water partition coefficient (Wildman–Crippen LogP) is 0.622.